The van der Waals surface area contributed by atoms with E-state index in [1.807, 2.05) is 12.1 Å². The number of amides is 1. The molecule has 0 bridgehead atoms. The third kappa shape index (κ3) is 3.41. The molecular weight excluding hydrogens is 284 g/mol. The Balaban J connectivity index is 2.28. The minimum atomic E-state index is -0.520. The second-order valence-electron chi connectivity index (χ2n) is 4.56. The summed E-state index contributed by atoms with van der Waals surface area (Å²) in [7, 11) is 2.80. The van der Waals surface area contributed by atoms with Crippen molar-refractivity contribution < 1.29 is 19.1 Å². The van der Waals surface area contributed by atoms with Gasteiger partial charge >= 0.3 is 5.97 Å². The third-order valence-electron chi connectivity index (χ3n) is 3.07. The van der Waals surface area contributed by atoms with Crippen LogP contribution in [-0.4, -0.2) is 31.1 Å². The molecule has 0 atom stereocenters. The number of nitrogens with one attached hydrogen (secondary N) is 1. The van der Waals surface area contributed by atoms with E-state index in [1.165, 1.54) is 7.11 Å². The molecule has 0 saturated carbocycles. The summed E-state index contributed by atoms with van der Waals surface area (Å²) in [5.41, 5.74) is 1.23. The summed E-state index contributed by atoms with van der Waals surface area (Å²) in [6.07, 6.45) is 1.46. The van der Waals surface area contributed by atoms with Crippen LogP contribution in [0.1, 0.15) is 6.42 Å². The number of ether oxygens (including phenoxy) is 2. The third-order valence-corrected chi connectivity index (χ3v) is 3.07. The van der Waals surface area contributed by atoms with Crippen molar-refractivity contribution in [2.45, 2.75) is 6.42 Å². The number of esters is 1. The van der Waals surface area contributed by atoms with Crippen molar-refractivity contribution in [3.8, 4) is 5.75 Å². The zero-order valence-electron chi connectivity index (χ0n) is 12.4. The molecule has 0 saturated heterocycles. The van der Waals surface area contributed by atoms with Crippen LogP contribution < -0.4 is 10.1 Å². The second kappa shape index (κ2) is 6.71. The van der Waals surface area contributed by atoms with Gasteiger partial charge in [-0.3, -0.25) is 14.6 Å². The highest BCUT2D eigenvalue weighted by molar-refractivity contribution is 6.09. The summed E-state index contributed by atoms with van der Waals surface area (Å²) >= 11 is 0. The summed E-state index contributed by atoms with van der Waals surface area (Å²) < 4.78 is 9.73. The van der Waals surface area contributed by atoms with Gasteiger partial charge in [0.1, 0.15) is 5.75 Å². The average molecular weight is 300 g/mol. The van der Waals surface area contributed by atoms with Crippen molar-refractivity contribution in [3.63, 3.8) is 0 Å². The molecule has 0 radical (unpaired) electrons. The Bertz CT molecular complexity index is 740. The van der Waals surface area contributed by atoms with Crippen LogP contribution in [0.4, 0.5) is 5.69 Å². The van der Waals surface area contributed by atoms with E-state index in [0.29, 0.717) is 17.0 Å². The van der Waals surface area contributed by atoms with Crippen LogP contribution in [0.25, 0.3) is 10.9 Å². The van der Waals surface area contributed by atoms with Crippen molar-refractivity contribution in [1.82, 2.24) is 4.98 Å². The number of carbonyl (C=O) groups excluding carboxylic acids is 2. The quantitative estimate of drug-likeness (QED) is 0.677. The van der Waals surface area contributed by atoms with Crippen LogP contribution >= 0.6 is 0 Å². The standard InChI is InChI=1S/C16H16N2O4/c1-10(7-14(19)22-3)16(20)18-13-9-12(21-2)8-11-5-4-6-17-15(11)13/h4-6,8-9H,1,7H2,2-3H3,(H,18,20). The lowest BCUT2D eigenvalue weighted by molar-refractivity contribution is -0.140. The zero-order valence-corrected chi connectivity index (χ0v) is 12.4. The maximum Gasteiger partial charge on any atom is 0.310 e. The topological polar surface area (TPSA) is 77.5 Å². The molecule has 1 aromatic heterocycles. The van der Waals surface area contributed by atoms with Gasteiger partial charge in [-0.15, -0.1) is 0 Å². The first-order chi connectivity index (χ1) is 10.5. The molecule has 1 aromatic carbocycles. The normalized spacial score (nSPS) is 10.1. The fourth-order valence-corrected chi connectivity index (χ4v) is 1.92. The lowest BCUT2D eigenvalue weighted by Gasteiger charge is -2.11. The van der Waals surface area contributed by atoms with Crippen LogP contribution in [0.3, 0.4) is 0 Å². The van der Waals surface area contributed by atoms with E-state index in [1.54, 1.807) is 25.4 Å². The van der Waals surface area contributed by atoms with Gasteiger partial charge in [0, 0.05) is 23.2 Å². The van der Waals surface area contributed by atoms with Crippen LogP contribution in [0.15, 0.2) is 42.6 Å². The fraction of sp³-hybridized carbons (Fsp3) is 0.188. The van der Waals surface area contributed by atoms with E-state index in [-0.39, 0.29) is 12.0 Å². The van der Waals surface area contributed by atoms with Gasteiger partial charge in [0.05, 0.1) is 31.8 Å². The molecule has 0 unspecified atom stereocenters. The van der Waals surface area contributed by atoms with E-state index in [2.05, 4.69) is 21.6 Å². The van der Waals surface area contributed by atoms with Crippen LogP contribution in [0.5, 0.6) is 5.75 Å². The molecule has 0 aliphatic rings. The lowest BCUT2D eigenvalue weighted by Crippen LogP contribution is -2.17. The average Bonchev–Trinajstić information content (AvgIpc) is 2.54. The largest absolute Gasteiger partial charge is 0.497 e. The number of fused-ring (bicyclic) bond motifs is 1. The molecule has 0 fully saturated rings. The van der Waals surface area contributed by atoms with Gasteiger partial charge in [0.15, 0.2) is 0 Å². The molecule has 6 nitrogen and oxygen atoms in total. The molecule has 1 heterocycles. The molecule has 0 aliphatic carbocycles. The summed E-state index contributed by atoms with van der Waals surface area (Å²) in [4.78, 5) is 27.6. The van der Waals surface area contributed by atoms with Crippen molar-refractivity contribution in [2.75, 3.05) is 19.5 Å². The molecule has 2 aromatic rings. The SMILES string of the molecule is C=C(CC(=O)OC)C(=O)Nc1cc(OC)cc2cccnc12. The highest BCUT2D eigenvalue weighted by Gasteiger charge is 2.14. The first kappa shape index (κ1) is 15.5. The molecule has 6 heteroatoms. The van der Waals surface area contributed by atoms with Gasteiger partial charge < -0.3 is 14.8 Å². The molecule has 114 valence electrons. The molecule has 0 aliphatic heterocycles. The summed E-state index contributed by atoms with van der Waals surface area (Å²) in [5, 5.41) is 3.53. The Morgan fingerprint density at radius 3 is 2.77 bits per heavy atom. The maximum atomic E-state index is 12.1. The smallest absolute Gasteiger partial charge is 0.310 e. The number of rotatable bonds is 5. The Kier molecular flexibility index (Phi) is 4.73. The van der Waals surface area contributed by atoms with E-state index in [9.17, 15) is 9.59 Å². The molecule has 0 spiro atoms. The first-order valence-electron chi connectivity index (χ1n) is 6.54. The number of carbonyl (C=O) groups is 2. The van der Waals surface area contributed by atoms with Crippen molar-refractivity contribution in [3.05, 3.63) is 42.6 Å². The summed E-state index contributed by atoms with van der Waals surface area (Å²) in [6, 6.07) is 7.15. The van der Waals surface area contributed by atoms with E-state index in [4.69, 9.17) is 4.74 Å². The van der Waals surface area contributed by atoms with E-state index in [0.717, 1.165) is 5.39 Å². The minimum absolute atomic E-state index is 0.110. The summed E-state index contributed by atoms with van der Waals surface area (Å²) in [5.74, 6) is -0.395. The van der Waals surface area contributed by atoms with E-state index < -0.39 is 11.9 Å². The monoisotopic (exact) mass is 300 g/mol. The van der Waals surface area contributed by atoms with Crippen molar-refractivity contribution in [2.24, 2.45) is 0 Å². The lowest BCUT2D eigenvalue weighted by atomic mass is 10.1. The first-order valence-corrected chi connectivity index (χ1v) is 6.54. The molecule has 22 heavy (non-hydrogen) atoms. The van der Waals surface area contributed by atoms with Crippen LogP contribution in [-0.2, 0) is 14.3 Å². The maximum absolute atomic E-state index is 12.1. The Morgan fingerprint density at radius 2 is 2.09 bits per heavy atom. The van der Waals surface area contributed by atoms with Gasteiger partial charge in [0.25, 0.3) is 5.91 Å². The second-order valence-corrected chi connectivity index (χ2v) is 4.56. The number of hydrogen-bond donors (Lipinski definition) is 1. The van der Waals surface area contributed by atoms with Crippen LogP contribution in [0, 0.1) is 0 Å². The number of aromatic nitrogens is 1. The Morgan fingerprint density at radius 1 is 1.32 bits per heavy atom. The summed E-state index contributed by atoms with van der Waals surface area (Å²) in [6.45, 7) is 3.60. The highest BCUT2D eigenvalue weighted by atomic mass is 16.5. The van der Waals surface area contributed by atoms with Crippen molar-refractivity contribution >= 4 is 28.5 Å². The highest BCUT2D eigenvalue weighted by Crippen LogP contribution is 2.28. The molecular formula is C16H16N2O4. The molecule has 2 rings (SSSR count). The number of benzene rings is 1. The minimum Gasteiger partial charge on any atom is -0.497 e. The number of pyridine rings is 1. The predicted octanol–water partition coefficient (Wildman–Crippen LogP) is 2.30. The van der Waals surface area contributed by atoms with Gasteiger partial charge in [-0.05, 0) is 12.1 Å². The number of nitrogens with zero attached hydrogens (tertiary/aromatic N) is 1. The van der Waals surface area contributed by atoms with E-state index >= 15 is 0 Å². The van der Waals surface area contributed by atoms with Gasteiger partial charge in [-0.1, -0.05) is 12.6 Å². The number of anilines is 1. The molecule has 1 N–H and O–H groups in total. The zero-order chi connectivity index (χ0) is 16.1. The predicted molar refractivity (Wildman–Crippen MR) is 82.7 cm³/mol. The Hall–Kier alpha value is -2.89. The fourth-order valence-electron chi connectivity index (χ4n) is 1.92. The van der Waals surface area contributed by atoms with Gasteiger partial charge in [-0.25, -0.2) is 0 Å². The Labute approximate surface area is 127 Å². The van der Waals surface area contributed by atoms with Gasteiger partial charge in [0.2, 0.25) is 0 Å². The number of methoxy groups -OCH3 is 2. The number of hydrogen-bond acceptors (Lipinski definition) is 5. The molecule has 1 amide bonds. The van der Waals surface area contributed by atoms with Crippen LogP contribution in [0.2, 0.25) is 0 Å². The van der Waals surface area contributed by atoms with Gasteiger partial charge in [-0.2, -0.15) is 0 Å². The van der Waals surface area contributed by atoms with Crippen molar-refractivity contribution in [1.29, 1.82) is 0 Å².